The summed E-state index contributed by atoms with van der Waals surface area (Å²) in [6.07, 6.45) is 3.46. The molecule has 0 bridgehead atoms. The van der Waals surface area contributed by atoms with Crippen molar-refractivity contribution in [2.75, 3.05) is 25.6 Å². The first kappa shape index (κ1) is 17.1. The van der Waals surface area contributed by atoms with Crippen LogP contribution in [0.4, 0.5) is 14.9 Å². The van der Waals surface area contributed by atoms with E-state index in [1.54, 1.807) is 35.0 Å². The average Bonchev–Trinajstić information content (AvgIpc) is 3.20. The summed E-state index contributed by atoms with van der Waals surface area (Å²) in [6.45, 7) is 1.02. The molecule has 2 amide bonds. The minimum Gasteiger partial charge on any atom is -0.491 e. The quantitative estimate of drug-likeness (QED) is 0.902. The SMILES string of the molecule is COc1nn(C)cc1NC(=O)N1CCC[C@H]1COc1ccc(F)cc1. The average molecular weight is 348 g/mol. The number of likely N-dealkylation sites (tertiary alicyclic amines) is 1. The van der Waals surface area contributed by atoms with Gasteiger partial charge in [-0.2, -0.15) is 0 Å². The summed E-state index contributed by atoms with van der Waals surface area (Å²) in [6, 6.07) is 5.61. The van der Waals surface area contributed by atoms with Crippen LogP contribution in [0.15, 0.2) is 30.5 Å². The zero-order valence-corrected chi connectivity index (χ0v) is 14.2. The van der Waals surface area contributed by atoms with Gasteiger partial charge >= 0.3 is 6.03 Å². The van der Waals surface area contributed by atoms with Gasteiger partial charge in [0.1, 0.15) is 23.9 Å². The van der Waals surface area contributed by atoms with Crippen molar-refractivity contribution in [2.45, 2.75) is 18.9 Å². The second kappa shape index (κ2) is 7.42. The fourth-order valence-electron chi connectivity index (χ4n) is 2.89. The molecule has 8 heteroatoms. The zero-order chi connectivity index (χ0) is 17.8. The highest BCUT2D eigenvalue weighted by Crippen LogP contribution is 2.24. The molecular formula is C17H21FN4O3. The van der Waals surface area contributed by atoms with Crippen molar-refractivity contribution in [3.05, 3.63) is 36.3 Å². The second-order valence-corrected chi connectivity index (χ2v) is 5.91. The lowest BCUT2D eigenvalue weighted by Gasteiger charge is -2.25. The number of hydrogen-bond donors (Lipinski definition) is 1. The van der Waals surface area contributed by atoms with Crippen LogP contribution in [-0.2, 0) is 7.05 Å². The smallest absolute Gasteiger partial charge is 0.322 e. The molecule has 0 spiro atoms. The Bertz CT molecular complexity index is 732. The molecule has 1 N–H and O–H groups in total. The molecule has 2 aromatic rings. The van der Waals surface area contributed by atoms with Gasteiger partial charge in [0.15, 0.2) is 0 Å². The maximum Gasteiger partial charge on any atom is 0.322 e. The predicted molar refractivity (Wildman–Crippen MR) is 90.4 cm³/mol. The number of urea groups is 1. The summed E-state index contributed by atoms with van der Waals surface area (Å²) >= 11 is 0. The first-order valence-electron chi connectivity index (χ1n) is 8.10. The molecule has 2 heterocycles. The highest BCUT2D eigenvalue weighted by molar-refractivity contribution is 5.90. The van der Waals surface area contributed by atoms with E-state index in [4.69, 9.17) is 9.47 Å². The Hall–Kier alpha value is -2.77. The zero-order valence-electron chi connectivity index (χ0n) is 14.2. The largest absolute Gasteiger partial charge is 0.491 e. The fraction of sp³-hybridized carbons (Fsp3) is 0.412. The number of rotatable bonds is 5. The van der Waals surface area contributed by atoms with E-state index in [-0.39, 0.29) is 17.9 Å². The van der Waals surface area contributed by atoms with Crippen molar-refractivity contribution in [1.29, 1.82) is 0 Å². The van der Waals surface area contributed by atoms with Gasteiger partial charge in [0, 0.05) is 13.6 Å². The van der Waals surface area contributed by atoms with Gasteiger partial charge in [-0.1, -0.05) is 0 Å². The van der Waals surface area contributed by atoms with Gasteiger partial charge in [-0.05, 0) is 37.1 Å². The normalized spacial score (nSPS) is 16.8. The van der Waals surface area contributed by atoms with E-state index in [1.807, 2.05) is 0 Å². The topological polar surface area (TPSA) is 68.6 Å². The number of amides is 2. The molecule has 3 rings (SSSR count). The molecule has 0 aliphatic carbocycles. The van der Waals surface area contributed by atoms with Gasteiger partial charge in [0.2, 0.25) is 0 Å². The number of carbonyl (C=O) groups excluding carboxylic acids is 1. The molecule has 0 saturated carbocycles. The first-order chi connectivity index (χ1) is 12.1. The van der Waals surface area contributed by atoms with E-state index in [0.717, 1.165) is 12.8 Å². The van der Waals surface area contributed by atoms with E-state index in [0.29, 0.717) is 30.5 Å². The molecule has 1 atom stereocenters. The van der Waals surface area contributed by atoms with Crippen LogP contribution in [0.2, 0.25) is 0 Å². The van der Waals surface area contributed by atoms with Crippen LogP contribution in [0, 0.1) is 5.82 Å². The van der Waals surface area contributed by atoms with Crippen molar-refractivity contribution >= 4 is 11.7 Å². The first-order valence-corrected chi connectivity index (χ1v) is 8.10. The Morgan fingerprint density at radius 1 is 1.40 bits per heavy atom. The molecule has 1 fully saturated rings. The third-order valence-corrected chi connectivity index (χ3v) is 4.12. The van der Waals surface area contributed by atoms with Crippen molar-refractivity contribution in [1.82, 2.24) is 14.7 Å². The molecule has 7 nitrogen and oxygen atoms in total. The summed E-state index contributed by atoms with van der Waals surface area (Å²) in [4.78, 5) is 14.3. The van der Waals surface area contributed by atoms with Gasteiger partial charge in [-0.25, -0.2) is 9.18 Å². The summed E-state index contributed by atoms with van der Waals surface area (Å²) < 4.78 is 25.4. The van der Waals surface area contributed by atoms with Crippen LogP contribution in [-0.4, -0.2) is 47.0 Å². The van der Waals surface area contributed by atoms with Crippen LogP contribution < -0.4 is 14.8 Å². The molecule has 134 valence electrons. The molecule has 1 aliphatic rings. The Morgan fingerprint density at radius 2 is 2.16 bits per heavy atom. The Kier molecular flexibility index (Phi) is 5.06. The lowest BCUT2D eigenvalue weighted by Crippen LogP contribution is -2.41. The standard InChI is InChI=1S/C17H21FN4O3/c1-21-10-15(16(20-21)24-2)19-17(23)22-9-3-4-13(22)11-25-14-7-5-12(18)6-8-14/h5-8,10,13H,3-4,9,11H2,1-2H3,(H,19,23)/t13-/m0/s1. The van der Waals surface area contributed by atoms with Crippen LogP contribution in [0.25, 0.3) is 0 Å². The summed E-state index contributed by atoms with van der Waals surface area (Å²) in [5, 5.41) is 6.95. The molecule has 0 unspecified atom stereocenters. The van der Waals surface area contributed by atoms with Crippen molar-refractivity contribution in [3.8, 4) is 11.6 Å². The number of aryl methyl sites for hydroxylation is 1. The number of hydrogen-bond acceptors (Lipinski definition) is 4. The number of methoxy groups -OCH3 is 1. The number of nitrogens with one attached hydrogen (secondary N) is 1. The highest BCUT2D eigenvalue weighted by atomic mass is 19.1. The van der Waals surface area contributed by atoms with E-state index in [2.05, 4.69) is 10.4 Å². The van der Waals surface area contributed by atoms with Gasteiger partial charge in [0.05, 0.1) is 19.3 Å². The van der Waals surface area contributed by atoms with Crippen LogP contribution >= 0.6 is 0 Å². The monoisotopic (exact) mass is 348 g/mol. The third kappa shape index (κ3) is 4.01. The lowest BCUT2D eigenvalue weighted by atomic mass is 10.2. The second-order valence-electron chi connectivity index (χ2n) is 5.91. The minimum atomic E-state index is -0.306. The number of nitrogens with zero attached hydrogens (tertiary/aromatic N) is 3. The van der Waals surface area contributed by atoms with Crippen LogP contribution in [0.1, 0.15) is 12.8 Å². The maximum atomic E-state index is 12.9. The van der Waals surface area contributed by atoms with E-state index in [1.165, 1.54) is 19.2 Å². The van der Waals surface area contributed by atoms with E-state index in [9.17, 15) is 9.18 Å². The van der Waals surface area contributed by atoms with Crippen molar-refractivity contribution < 1.29 is 18.7 Å². The number of anilines is 1. The molecular weight excluding hydrogens is 327 g/mol. The van der Waals surface area contributed by atoms with Gasteiger partial charge < -0.3 is 19.7 Å². The number of ether oxygens (including phenoxy) is 2. The molecule has 1 aliphatic heterocycles. The number of carbonyl (C=O) groups is 1. The van der Waals surface area contributed by atoms with Crippen LogP contribution in [0.3, 0.4) is 0 Å². The van der Waals surface area contributed by atoms with Crippen molar-refractivity contribution in [3.63, 3.8) is 0 Å². The Balaban J connectivity index is 1.60. The molecule has 25 heavy (non-hydrogen) atoms. The van der Waals surface area contributed by atoms with Crippen molar-refractivity contribution in [2.24, 2.45) is 7.05 Å². The minimum absolute atomic E-state index is 0.0345. The third-order valence-electron chi connectivity index (χ3n) is 4.12. The highest BCUT2D eigenvalue weighted by Gasteiger charge is 2.30. The fourth-order valence-corrected chi connectivity index (χ4v) is 2.89. The Morgan fingerprint density at radius 3 is 2.88 bits per heavy atom. The van der Waals surface area contributed by atoms with E-state index < -0.39 is 0 Å². The lowest BCUT2D eigenvalue weighted by molar-refractivity contribution is 0.175. The summed E-state index contributed by atoms with van der Waals surface area (Å²) in [5.41, 5.74) is 0.528. The molecule has 1 aromatic carbocycles. The molecule has 1 saturated heterocycles. The number of aromatic nitrogens is 2. The molecule has 0 radical (unpaired) electrons. The summed E-state index contributed by atoms with van der Waals surface area (Å²) in [5.74, 6) is 0.649. The van der Waals surface area contributed by atoms with Gasteiger partial charge in [-0.3, -0.25) is 4.68 Å². The maximum absolute atomic E-state index is 12.9. The number of benzene rings is 1. The van der Waals surface area contributed by atoms with Gasteiger partial charge in [0.25, 0.3) is 5.88 Å². The number of halogens is 1. The van der Waals surface area contributed by atoms with E-state index >= 15 is 0 Å². The predicted octanol–water partition coefficient (Wildman–Crippen LogP) is 2.64. The van der Waals surface area contributed by atoms with Crippen LogP contribution in [0.5, 0.6) is 11.6 Å². The Labute approximate surface area is 145 Å². The molecule has 1 aromatic heterocycles. The van der Waals surface area contributed by atoms with Gasteiger partial charge in [-0.15, -0.1) is 5.10 Å². The summed E-state index contributed by atoms with van der Waals surface area (Å²) in [7, 11) is 3.26.